The molecule has 0 heterocycles. The molecule has 2 heteroatoms. The highest BCUT2D eigenvalue weighted by molar-refractivity contribution is 5.28. The molecule has 1 saturated carbocycles. The normalized spacial score (nSPS) is 20.4. The van der Waals surface area contributed by atoms with Gasteiger partial charge in [-0.2, -0.15) is 0 Å². The summed E-state index contributed by atoms with van der Waals surface area (Å²) in [4.78, 5) is 0. The van der Waals surface area contributed by atoms with Gasteiger partial charge in [0, 0.05) is 6.04 Å². The lowest BCUT2D eigenvalue weighted by atomic mass is 9.92. The van der Waals surface area contributed by atoms with Gasteiger partial charge in [-0.15, -0.1) is 0 Å². The highest BCUT2D eigenvalue weighted by atomic mass is 19.1. The van der Waals surface area contributed by atoms with Crippen LogP contribution in [0.5, 0.6) is 0 Å². The van der Waals surface area contributed by atoms with E-state index < -0.39 is 5.67 Å². The number of rotatable bonds is 4. The van der Waals surface area contributed by atoms with E-state index in [4.69, 9.17) is 0 Å². The first-order valence-corrected chi connectivity index (χ1v) is 6.60. The molecule has 94 valence electrons. The Bertz CT molecular complexity index is 352. The van der Waals surface area contributed by atoms with Crippen LogP contribution in [0.1, 0.15) is 43.7 Å². The van der Waals surface area contributed by atoms with E-state index in [1.807, 2.05) is 19.2 Å². The summed E-state index contributed by atoms with van der Waals surface area (Å²) in [5, 5.41) is 3.22. The van der Waals surface area contributed by atoms with Crippen molar-refractivity contribution < 1.29 is 4.39 Å². The van der Waals surface area contributed by atoms with Gasteiger partial charge in [0.15, 0.2) is 0 Å². The Morgan fingerprint density at radius 2 is 1.82 bits per heavy atom. The summed E-state index contributed by atoms with van der Waals surface area (Å²) in [6.07, 6.45) is 4.43. The molecule has 0 radical (unpaired) electrons. The quantitative estimate of drug-likeness (QED) is 0.841. The summed E-state index contributed by atoms with van der Waals surface area (Å²) < 4.78 is 14.5. The first kappa shape index (κ1) is 12.6. The average molecular weight is 235 g/mol. The Balaban J connectivity index is 2.07. The number of alkyl halides is 1. The summed E-state index contributed by atoms with van der Waals surface area (Å²) in [6.45, 7) is 2.15. The SMILES string of the molecule is CNC(C)Cc1ccc(C2(F)CCCC2)cc1. The van der Waals surface area contributed by atoms with Crippen LogP contribution in [0.15, 0.2) is 24.3 Å². The fraction of sp³-hybridized carbons (Fsp3) is 0.600. The third-order valence-electron chi connectivity index (χ3n) is 3.90. The number of benzene rings is 1. The van der Waals surface area contributed by atoms with Crippen molar-refractivity contribution in [3.63, 3.8) is 0 Å². The van der Waals surface area contributed by atoms with Crippen LogP contribution in [-0.2, 0) is 12.1 Å². The van der Waals surface area contributed by atoms with Crippen molar-refractivity contribution in [1.29, 1.82) is 0 Å². The molecule has 1 N–H and O–H groups in total. The lowest BCUT2D eigenvalue weighted by molar-refractivity contribution is 0.175. The second-order valence-electron chi connectivity index (χ2n) is 5.26. The lowest BCUT2D eigenvalue weighted by Gasteiger charge is -2.20. The highest BCUT2D eigenvalue weighted by Gasteiger charge is 2.35. The first-order chi connectivity index (χ1) is 8.14. The van der Waals surface area contributed by atoms with Crippen molar-refractivity contribution in [3.8, 4) is 0 Å². The van der Waals surface area contributed by atoms with Crippen LogP contribution in [0.2, 0.25) is 0 Å². The Morgan fingerprint density at radius 3 is 2.35 bits per heavy atom. The zero-order valence-corrected chi connectivity index (χ0v) is 10.8. The van der Waals surface area contributed by atoms with E-state index in [2.05, 4.69) is 24.4 Å². The number of hydrogen-bond donors (Lipinski definition) is 1. The average Bonchev–Trinajstić information content (AvgIpc) is 2.78. The van der Waals surface area contributed by atoms with Gasteiger partial charge in [0.25, 0.3) is 0 Å². The minimum Gasteiger partial charge on any atom is -0.317 e. The molecule has 1 fully saturated rings. The zero-order valence-electron chi connectivity index (χ0n) is 10.8. The Morgan fingerprint density at radius 1 is 1.24 bits per heavy atom. The van der Waals surface area contributed by atoms with Gasteiger partial charge in [0.2, 0.25) is 0 Å². The van der Waals surface area contributed by atoms with Crippen molar-refractivity contribution in [3.05, 3.63) is 35.4 Å². The molecule has 1 aromatic rings. The number of hydrogen-bond acceptors (Lipinski definition) is 1. The molecular weight excluding hydrogens is 213 g/mol. The van der Waals surface area contributed by atoms with Crippen LogP contribution >= 0.6 is 0 Å². The van der Waals surface area contributed by atoms with Crippen molar-refractivity contribution in [2.45, 2.75) is 50.7 Å². The molecule has 1 nitrogen and oxygen atoms in total. The minimum atomic E-state index is -1.05. The minimum absolute atomic E-state index is 0.465. The summed E-state index contributed by atoms with van der Waals surface area (Å²) in [5.41, 5.74) is 1.10. The van der Waals surface area contributed by atoms with Gasteiger partial charge in [-0.1, -0.05) is 24.3 Å². The van der Waals surface area contributed by atoms with E-state index in [0.717, 1.165) is 24.8 Å². The number of nitrogens with one attached hydrogen (secondary N) is 1. The van der Waals surface area contributed by atoms with E-state index in [-0.39, 0.29) is 0 Å². The molecule has 1 aromatic carbocycles. The van der Waals surface area contributed by atoms with E-state index in [1.165, 1.54) is 5.56 Å². The van der Waals surface area contributed by atoms with Crippen LogP contribution in [0.25, 0.3) is 0 Å². The molecule has 2 rings (SSSR count). The summed E-state index contributed by atoms with van der Waals surface area (Å²) in [6, 6.07) is 8.56. The van der Waals surface area contributed by atoms with Gasteiger partial charge in [-0.3, -0.25) is 0 Å². The lowest BCUT2D eigenvalue weighted by Crippen LogP contribution is -2.23. The van der Waals surface area contributed by atoms with Gasteiger partial charge in [0.1, 0.15) is 5.67 Å². The fourth-order valence-electron chi connectivity index (χ4n) is 2.62. The van der Waals surface area contributed by atoms with Gasteiger partial charge in [-0.05, 0) is 57.2 Å². The third kappa shape index (κ3) is 2.86. The standard InChI is InChI=1S/C15H22FN/c1-12(17-2)11-13-5-7-14(8-6-13)15(16)9-3-4-10-15/h5-8,12,17H,3-4,9-11H2,1-2H3. The molecule has 0 aromatic heterocycles. The summed E-state index contributed by atoms with van der Waals surface area (Å²) in [5.74, 6) is 0. The third-order valence-corrected chi connectivity index (χ3v) is 3.90. The van der Waals surface area contributed by atoms with Crippen LogP contribution in [0.4, 0.5) is 4.39 Å². The highest BCUT2D eigenvalue weighted by Crippen LogP contribution is 2.42. The van der Waals surface area contributed by atoms with E-state index in [9.17, 15) is 4.39 Å². The Hall–Kier alpha value is -0.890. The molecular formula is C15H22FN. The van der Waals surface area contributed by atoms with Gasteiger partial charge >= 0.3 is 0 Å². The second-order valence-corrected chi connectivity index (χ2v) is 5.26. The van der Waals surface area contributed by atoms with Crippen LogP contribution in [0, 0.1) is 0 Å². The monoisotopic (exact) mass is 235 g/mol. The van der Waals surface area contributed by atoms with Gasteiger partial charge in [0.05, 0.1) is 0 Å². The largest absolute Gasteiger partial charge is 0.317 e. The number of halogens is 1. The molecule has 0 saturated heterocycles. The Labute approximate surface area is 103 Å². The van der Waals surface area contributed by atoms with E-state index >= 15 is 0 Å². The van der Waals surface area contributed by atoms with Crippen LogP contribution in [0.3, 0.4) is 0 Å². The summed E-state index contributed by atoms with van der Waals surface area (Å²) in [7, 11) is 1.97. The van der Waals surface area contributed by atoms with Crippen LogP contribution < -0.4 is 5.32 Å². The molecule has 17 heavy (non-hydrogen) atoms. The Kier molecular flexibility index (Phi) is 3.82. The molecule has 1 aliphatic rings. The topological polar surface area (TPSA) is 12.0 Å². The fourth-order valence-corrected chi connectivity index (χ4v) is 2.62. The van der Waals surface area contributed by atoms with E-state index in [1.54, 1.807) is 0 Å². The first-order valence-electron chi connectivity index (χ1n) is 6.60. The molecule has 1 aliphatic carbocycles. The zero-order chi connectivity index (χ0) is 12.3. The maximum atomic E-state index is 14.5. The van der Waals surface area contributed by atoms with Crippen molar-refractivity contribution in [2.75, 3.05) is 7.05 Å². The molecule has 1 unspecified atom stereocenters. The molecule has 0 amide bonds. The van der Waals surface area contributed by atoms with Gasteiger partial charge in [-0.25, -0.2) is 4.39 Å². The number of likely N-dealkylation sites (N-methyl/N-ethyl adjacent to an activating group) is 1. The van der Waals surface area contributed by atoms with Crippen molar-refractivity contribution >= 4 is 0 Å². The van der Waals surface area contributed by atoms with Crippen molar-refractivity contribution in [1.82, 2.24) is 5.32 Å². The molecule has 1 atom stereocenters. The maximum absolute atomic E-state index is 14.5. The summed E-state index contributed by atoms with van der Waals surface area (Å²) >= 11 is 0. The van der Waals surface area contributed by atoms with Crippen LogP contribution in [-0.4, -0.2) is 13.1 Å². The predicted octanol–water partition coefficient (Wildman–Crippen LogP) is 3.58. The molecule has 0 aliphatic heterocycles. The maximum Gasteiger partial charge on any atom is 0.136 e. The second kappa shape index (κ2) is 5.18. The predicted molar refractivity (Wildman–Crippen MR) is 69.9 cm³/mol. The smallest absolute Gasteiger partial charge is 0.136 e. The molecule has 0 bridgehead atoms. The molecule has 0 spiro atoms. The van der Waals surface area contributed by atoms with Gasteiger partial charge < -0.3 is 5.32 Å². The van der Waals surface area contributed by atoms with E-state index in [0.29, 0.717) is 18.9 Å². The van der Waals surface area contributed by atoms with Crippen molar-refractivity contribution in [2.24, 2.45) is 0 Å².